The fourth-order valence-electron chi connectivity index (χ4n) is 4.10. The van der Waals surface area contributed by atoms with E-state index in [2.05, 4.69) is 33.1 Å². The Morgan fingerprint density at radius 2 is 1.93 bits per heavy atom. The number of carbonyl (C=O) groups is 1. The summed E-state index contributed by atoms with van der Waals surface area (Å²) in [7, 11) is 0. The lowest BCUT2D eigenvalue weighted by Crippen LogP contribution is -2.51. The number of para-hydroxylation sites is 1. The van der Waals surface area contributed by atoms with E-state index in [1.807, 2.05) is 35.4 Å². The molecule has 6 nitrogen and oxygen atoms in total. The summed E-state index contributed by atoms with van der Waals surface area (Å²) in [5.74, 6) is 1.04. The second-order valence-corrected chi connectivity index (χ2v) is 7.40. The van der Waals surface area contributed by atoms with Gasteiger partial charge in [0.2, 0.25) is 5.91 Å². The van der Waals surface area contributed by atoms with Gasteiger partial charge in [0.1, 0.15) is 18.7 Å². The van der Waals surface area contributed by atoms with Crippen LogP contribution in [0.25, 0.3) is 10.9 Å². The Morgan fingerprint density at radius 3 is 2.82 bits per heavy atom. The summed E-state index contributed by atoms with van der Waals surface area (Å²) >= 11 is 0. The molecule has 0 bridgehead atoms. The molecule has 1 unspecified atom stereocenters. The average molecular weight is 374 g/mol. The number of amides is 1. The van der Waals surface area contributed by atoms with E-state index in [-0.39, 0.29) is 11.8 Å². The zero-order valence-corrected chi connectivity index (χ0v) is 15.6. The van der Waals surface area contributed by atoms with Crippen molar-refractivity contribution in [1.29, 1.82) is 0 Å². The number of ether oxygens (including phenoxy) is 1. The zero-order valence-electron chi connectivity index (χ0n) is 15.6. The number of nitrogens with zero attached hydrogens (tertiary/aromatic N) is 4. The molecule has 3 aromatic rings. The van der Waals surface area contributed by atoms with Crippen LogP contribution in [0.5, 0.6) is 5.75 Å². The van der Waals surface area contributed by atoms with E-state index in [0.29, 0.717) is 6.61 Å². The van der Waals surface area contributed by atoms with Crippen molar-refractivity contribution >= 4 is 22.5 Å². The van der Waals surface area contributed by atoms with Crippen molar-refractivity contribution < 1.29 is 9.53 Å². The van der Waals surface area contributed by atoms with E-state index < -0.39 is 0 Å². The Kier molecular flexibility index (Phi) is 4.31. The first-order valence-electron chi connectivity index (χ1n) is 9.72. The molecule has 1 aromatic heterocycles. The molecule has 2 aromatic carbocycles. The Balaban J connectivity index is 1.23. The van der Waals surface area contributed by atoms with Crippen LogP contribution in [0.15, 0.2) is 55.0 Å². The van der Waals surface area contributed by atoms with Gasteiger partial charge in [-0.25, -0.2) is 9.97 Å². The third kappa shape index (κ3) is 3.15. The number of rotatable bonds is 2. The van der Waals surface area contributed by atoms with Crippen molar-refractivity contribution in [2.24, 2.45) is 5.92 Å². The van der Waals surface area contributed by atoms with E-state index in [1.165, 1.54) is 0 Å². The smallest absolute Gasteiger partial charge is 0.229 e. The fraction of sp³-hybridized carbons (Fsp3) is 0.318. The molecule has 2 aliphatic rings. The number of aromatic nitrogens is 2. The zero-order chi connectivity index (χ0) is 18.9. The van der Waals surface area contributed by atoms with Gasteiger partial charge in [0.15, 0.2) is 0 Å². The first kappa shape index (κ1) is 17.0. The summed E-state index contributed by atoms with van der Waals surface area (Å²) in [6.45, 7) is 3.60. The molecule has 6 heteroatoms. The summed E-state index contributed by atoms with van der Waals surface area (Å²) in [5, 5.41) is 1.04. The minimum absolute atomic E-state index is 0.0840. The Labute approximate surface area is 163 Å². The number of fused-ring (bicyclic) bond motifs is 2. The summed E-state index contributed by atoms with van der Waals surface area (Å²) in [5.41, 5.74) is 3.23. The molecule has 1 amide bonds. The molecule has 2 aliphatic heterocycles. The van der Waals surface area contributed by atoms with Crippen LogP contribution >= 0.6 is 0 Å². The van der Waals surface area contributed by atoms with Crippen LogP contribution in [-0.2, 0) is 11.2 Å². The normalized spacial score (nSPS) is 19.2. The van der Waals surface area contributed by atoms with E-state index in [1.54, 1.807) is 6.33 Å². The summed E-state index contributed by atoms with van der Waals surface area (Å²) < 4.78 is 5.81. The lowest BCUT2D eigenvalue weighted by molar-refractivity contribution is -0.137. The molecule has 0 N–H and O–H groups in total. The van der Waals surface area contributed by atoms with Gasteiger partial charge in [-0.1, -0.05) is 18.2 Å². The highest BCUT2D eigenvalue weighted by atomic mass is 16.5. The predicted molar refractivity (Wildman–Crippen MR) is 107 cm³/mol. The van der Waals surface area contributed by atoms with Crippen molar-refractivity contribution in [3.63, 3.8) is 0 Å². The number of benzene rings is 2. The van der Waals surface area contributed by atoms with Crippen LogP contribution < -0.4 is 9.64 Å². The largest absolute Gasteiger partial charge is 0.492 e. The molecule has 5 rings (SSSR count). The quantitative estimate of drug-likeness (QED) is 0.690. The molecule has 1 saturated heterocycles. The van der Waals surface area contributed by atoms with Crippen LogP contribution in [0, 0.1) is 5.92 Å². The Morgan fingerprint density at radius 1 is 1.07 bits per heavy atom. The van der Waals surface area contributed by atoms with Crippen LogP contribution in [0.2, 0.25) is 0 Å². The second-order valence-electron chi connectivity index (χ2n) is 7.40. The molecule has 0 aliphatic carbocycles. The van der Waals surface area contributed by atoms with Crippen LogP contribution in [0.4, 0.5) is 5.69 Å². The minimum atomic E-state index is -0.0840. The van der Waals surface area contributed by atoms with E-state index in [0.717, 1.165) is 60.5 Å². The third-order valence-corrected chi connectivity index (χ3v) is 5.67. The highest BCUT2D eigenvalue weighted by Crippen LogP contribution is 2.28. The third-order valence-electron chi connectivity index (χ3n) is 5.67. The van der Waals surface area contributed by atoms with Gasteiger partial charge in [0, 0.05) is 43.4 Å². The Hall–Kier alpha value is -3.15. The minimum Gasteiger partial charge on any atom is -0.492 e. The lowest BCUT2D eigenvalue weighted by atomic mass is 9.95. The highest BCUT2D eigenvalue weighted by Gasteiger charge is 2.31. The lowest BCUT2D eigenvalue weighted by Gasteiger charge is -2.38. The van der Waals surface area contributed by atoms with Crippen LogP contribution in [-0.4, -0.2) is 53.6 Å². The van der Waals surface area contributed by atoms with E-state index >= 15 is 0 Å². The van der Waals surface area contributed by atoms with Crippen LogP contribution in [0.1, 0.15) is 5.56 Å². The number of anilines is 1. The van der Waals surface area contributed by atoms with Gasteiger partial charge in [-0.05, 0) is 36.2 Å². The molecule has 1 atom stereocenters. The topological polar surface area (TPSA) is 58.6 Å². The van der Waals surface area contributed by atoms with Gasteiger partial charge >= 0.3 is 0 Å². The number of piperazine rings is 1. The van der Waals surface area contributed by atoms with Crippen molar-refractivity contribution in [3.8, 4) is 5.75 Å². The standard InChI is InChI=1S/C22H22N4O2/c27-22(18-11-16-3-1-2-4-21(16)28-14-18)26-9-7-25(8-10-26)19-5-6-20-17(12-19)13-23-15-24-20/h1-6,12-13,15,18H,7-11,14H2. The highest BCUT2D eigenvalue weighted by molar-refractivity contribution is 5.82. The predicted octanol–water partition coefficient (Wildman–Crippen LogP) is 2.53. The maximum Gasteiger partial charge on any atom is 0.229 e. The number of carbonyl (C=O) groups excluding carboxylic acids is 1. The monoisotopic (exact) mass is 374 g/mol. The van der Waals surface area contributed by atoms with Crippen molar-refractivity contribution in [1.82, 2.24) is 14.9 Å². The van der Waals surface area contributed by atoms with Crippen molar-refractivity contribution in [2.45, 2.75) is 6.42 Å². The maximum atomic E-state index is 13.0. The molecular formula is C22H22N4O2. The van der Waals surface area contributed by atoms with Gasteiger partial charge in [-0.3, -0.25) is 4.79 Å². The molecule has 0 radical (unpaired) electrons. The summed E-state index contributed by atoms with van der Waals surface area (Å²) in [6.07, 6.45) is 4.17. The second kappa shape index (κ2) is 7.11. The SMILES string of the molecule is O=C(C1COc2ccccc2C1)N1CCN(c2ccc3ncncc3c2)CC1. The first-order valence-corrected chi connectivity index (χ1v) is 9.72. The molecule has 0 spiro atoms. The van der Waals surface area contributed by atoms with Gasteiger partial charge in [0.25, 0.3) is 0 Å². The number of hydrogen-bond acceptors (Lipinski definition) is 5. The first-order chi connectivity index (χ1) is 13.8. The molecule has 1 fully saturated rings. The summed E-state index contributed by atoms with van der Waals surface area (Å²) in [4.78, 5) is 25.7. The Bertz CT molecular complexity index is 1010. The van der Waals surface area contributed by atoms with E-state index in [4.69, 9.17) is 4.74 Å². The molecule has 3 heterocycles. The molecule has 0 saturated carbocycles. The fourth-order valence-corrected chi connectivity index (χ4v) is 4.10. The average Bonchev–Trinajstić information content (AvgIpc) is 2.78. The molecular weight excluding hydrogens is 352 g/mol. The van der Waals surface area contributed by atoms with Crippen molar-refractivity contribution in [2.75, 3.05) is 37.7 Å². The van der Waals surface area contributed by atoms with Crippen LogP contribution in [0.3, 0.4) is 0 Å². The molecule has 142 valence electrons. The van der Waals surface area contributed by atoms with E-state index in [9.17, 15) is 4.79 Å². The molecule has 28 heavy (non-hydrogen) atoms. The van der Waals surface area contributed by atoms with Gasteiger partial charge < -0.3 is 14.5 Å². The van der Waals surface area contributed by atoms with Gasteiger partial charge in [-0.15, -0.1) is 0 Å². The summed E-state index contributed by atoms with van der Waals surface area (Å²) in [6, 6.07) is 14.2. The maximum absolute atomic E-state index is 13.0. The van der Waals surface area contributed by atoms with Crippen molar-refractivity contribution in [3.05, 3.63) is 60.6 Å². The van der Waals surface area contributed by atoms with Gasteiger partial charge in [0.05, 0.1) is 11.4 Å². The van der Waals surface area contributed by atoms with Gasteiger partial charge in [-0.2, -0.15) is 0 Å². The number of hydrogen-bond donors (Lipinski definition) is 0.